The largest absolute Gasteiger partial charge is 0.491 e. The van der Waals surface area contributed by atoms with Gasteiger partial charge in [-0.3, -0.25) is 9.59 Å². The number of aryl methyl sites for hydroxylation is 3. The minimum Gasteiger partial charge on any atom is -0.491 e. The molecule has 5 heteroatoms. The van der Waals surface area contributed by atoms with Crippen molar-refractivity contribution in [2.45, 2.75) is 47.3 Å². The smallest absolute Gasteiger partial charge is 0.313 e. The molecule has 0 heterocycles. The van der Waals surface area contributed by atoms with Crippen LogP contribution >= 0.6 is 0 Å². The van der Waals surface area contributed by atoms with Crippen molar-refractivity contribution in [3.63, 3.8) is 0 Å². The summed E-state index contributed by atoms with van der Waals surface area (Å²) in [6.45, 7) is 9.92. The average molecular weight is 354 g/mol. The molecule has 0 aliphatic rings. The number of amides is 2. The van der Waals surface area contributed by atoms with Crippen LogP contribution in [0.1, 0.15) is 36.1 Å². The number of ether oxygens (including phenoxy) is 1. The second-order valence-electron chi connectivity index (χ2n) is 6.68. The van der Waals surface area contributed by atoms with Crippen molar-refractivity contribution in [1.82, 2.24) is 5.32 Å². The van der Waals surface area contributed by atoms with Gasteiger partial charge in [0.2, 0.25) is 0 Å². The summed E-state index contributed by atoms with van der Waals surface area (Å²) in [5, 5.41) is 5.36. The summed E-state index contributed by atoms with van der Waals surface area (Å²) in [6, 6.07) is 11.4. The van der Waals surface area contributed by atoms with Crippen LogP contribution in [0.3, 0.4) is 0 Å². The fourth-order valence-corrected chi connectivity index (χ4v) is 2.82. The maximum absolute atomic E-state index is 12.2. The zero-order chi connectivity index (χ0) is 19.3. The van der Waals surface area contributed by atoms with Crippen molar-refractivity contribution in [2.75, 3.05) is 5.32 Å². The van der Waals surface area contributed by atoms with E-state index in [2.05, 4.69) is 10.6 Å². The van der Waals surface area contributed by atoms with Crippen LogP contribution in [0.15, 0.2) is 36.4 Å². The number of anilines is 1. The maximum Gasteiger partial charge on any atom is 0.313 e. The van der Waals surface area contributed by atoms with E-state index in [0.717, 1.165) is 22.3 Å². The Morgan fingerprint density at radius 2 is 1.62 bits per heavy atom. The molecule has 2 aromatic rings. The lowest BCUT2D eigenvalue weighted by atomic mass is 10.1. The first-order valence-electron chi connectivity index (χ1n) is 8.69. The number of carbonyl (C=O) groups excluding carboxylic acids is 2. The quantitative estimate of drug-likeness (QED) is 0.805. The van der Waals surface area contributed by atoms with Crippen LogP contribution in [0.5, 0.6) is 5.75 Å². The van der Waals surface area contributed by atoms with Gasteiger partial charge in [0.15, 0.2) is 0 Å². The highest BCUT2D eigenvalue weighted by Crippen LogP contribution is 2.22. The van der Waals surface area contributed by atoms with Crippen LogP contribution in [-0.4, -0.2) is 17.9 Å². The van der Waals surface area contributed by atoms with Crippen LogP contribution in [0, 0.1) is 20.8 Å². The van der Waals surface area contributed by atoms with Gasteiger partial charge in [0.25, 0.3) is 0 Å². The molecule has 0 bridgehead atoms. The molecule has 5 nitrogen and oxygen atoms in total. The first-order chi connectivity index (χ1) is 12.3. The van der Waals surface area contributed by atoms with Crippen LogP contribution in [0.25, 0.3) is 0 Å². The van der Waals surface area contributed by atoms with Crippen molar-refractivity contribution in [3.05, 3.63) is 58.7 Å². The molecule has 0 aliphatic heterocycles. The van der Waals surface area contributed by atoms with Crippen LogP contribution in [0.4, 0.5) is 5.69 Å². The van der Waals surface area contributed by atoms with Gasteiger partial charge in [0.1, 0.15) is 5.75 Å². The standard InChI is InChI=1S/C21H26N2O3/c1-13(2)26-18-9-7-6-8-17(18)12-22-20(24)21(25)23-19-15(4)10-14(3)11-16(19)5/h6-11,13H,12H2,1-5H3,(H,22,24)(H,23,25). The van der Waals surface area contributed by atoms with E-state index in [1.807, 2.05) is 71.0 Å². The molecule has 26 heavy (non-hydrogen) atoms. The SMILES string of the molecule is Cc1cc(C)c(NC(=O)C(=O)NCc2ccccc2OC(C)C)c(C)c1. The molecular formula is C21H26N2O3. The van der Waals surface area contributed by atoms with Crippen LogP contribution in [-0.2, 0) is 16.1 Å². The van der Waals surface area contributed by atoms with Gasteiger partial charge in [0.05, 0.1) is 6.10 Å². The number of carbonyl (C=O) groups is 2. The molecule has 2 rings (SSSR count). The molecule has 0 fully saturated rings. The molecule has 0 radical (unpaired) electrons. The summed E-state index contributed by atoms with van der Waals surface area (Å²) >= 11 is 0. The third-order valence-electron chi connectivity index (χ3n) is 3.90. The first-order valence-corrected chi connectivity index (χ1v) is 8.69. The van der Waals surface area contributed by atoms with Gasteiger partial charge < -0.3 is 15.4 Å². The van der Waals surface area contributed by atoms with E-state index in [-0.39, 0.29) is 12.6 Å². The van der Waals surface area contributed by atoms with Crippen LogP contribution < -0.4 is 15.4 Å². The van der Waals surface area contributed by atoms with Gasteiger partial charge >= 0.3 is 11.8 Å². The minimum atomic E-state index is -0.678. The third kappa shape index (κ3) is 5.09. The molecule has 0 spiro atoms. The summed E-state index contributed by atoms with van der Waals surface area (Å²) in [4.78, 5) is 24.4. The number of hydrogen-bond donors (Lipinski definition) is 2. The minimum absolute atomic E-state index is 0.0302. The van der Waals surface area contributed by atoms with Gasteiger partial charge in [-0.15, -0.1) is 0 Å². The summed E-state index contributed by atoms with van der Waals surface area (Å²) in [6.07, 6.45) is 0.0302. The fourth-order valence-electron chi connectivity index (χ4n) is 2.82. The van der Waals surface area contributed by atoms with Gasteiger partial charge in [-0.1, -0.05) is 35.9 Å². The molecule has 0 aliphatic carbocycles. The van der Waals surface area contributed by atoms with E-state index < -0.39 is 11.8 Å². The lowest BCUT2D eigenvalue weighted by molar-refractivity contribution is -0.136. The monoisotopic (exact) mass is 354 g/mol. The predicted octanol–water partition coefficient (Wildman–Crippen LogP) is 3.65. The lowest BCUT2D eigenvalue weighted by Gasteiger charge is -2.15. The Balaban J connectivity index is 2.02. The highest BCUT2D eigenvalue weighted by atomic mass is 16.5. The van der Waals surface area contributed by atoms with Crippen molar-refractivity contribution in [3.8, 4) is 5.75 Å². The molecule has 0 aromatic heterocycles. The van der Waals surface area contributed by atoms with E-state index in [1.54, 1.807) is 0 Å². The zero-order valence-electron chi connectivity index (χ0n) is 16.0. The van der Waals surface area contributed by atoms with Crippen molar-refractivity contribution in [1.29, 1.82) is 0 Å². The Hall–Kier alpha value is -2.82. The van der Waals surface area contributed by atoms with Gasteiger partial charge in [-0.05, 0) is 51.8 Å². The molecule has 2 aromatic carbocycles. The molecule has 0 atom stereocenters. The Morgan fingerprint density at radius 3 is 2.23 bits per heavy atom. The molecule has 138 valence electrons. The van der Waals surface area contributed by atoms with Gasteiger partial charge in [-0.2, -0.15) is 0 Å². The van der Waals surface area contributed by atoms with E-state index in [4.69, 9.17) is 4.74 Å². The van der Waals surface area contributed by atoms with Crippen molar-refractivity contribution in [2.24, 2.45) is 0 Å². The molecule has 2 amide bonds. The summed E-state index contributed by atoms with van der Waals surface area (Å²) in [5.41, 5.74) is 4.48. The van der Waals surface area contributed by atoms with E-state index in [1.165, 1.54) is 0 Å². The molecule has 0 unspecified atom stereocenters. The number of rotatable bonds is 5. The highest BCUT2D eigenvalue weighted by molar-refractivity contribution is 6.39. The van der Waals surface area contributed by atoms with E-state index in [0.29, 0.717) is 11.4 Å². The molecule has 0 saturated carbocycles. The van der Waals surface area contributed by atoms with Crippen molar-refractivity contribution < 1.29 is 14.3 Å². The second kappa shape index (κ2) is 8.52. The summed E-state index contributed by atoms with van der Waals surface area (Å²) in [5.74, 6) is -0.653. The van der Waals surface area contributed by atoms with Crippen molar-refractivity contribution >= 4 is 17.5 Å². The van der Waals surface area contributed by atoms with Crippen LogP contribution in [0.2, 0.25) is 0 Å². The molecular weight excluding hydrogens is 328 g/mol. The Labute approximate surface area is 154 Å². The first kappa shape index (κ1) is 19.5. The normalized spacial score (nSPS) is 10.5. The summed E-state index contributed by atoms with van der Waals surface area (Å²) in [7, 11) is 0. The Bertz CT molecular complexity index is 790. The van der Waals surface area contributed by atoms with Gasteiger partial charge in [-0.25, -0.2) is 0 Å². The highest BCUT2D eigenvalue weighted by Gasteiger charge is 2.16. The predicted molar refractivity (Wildman–Crippen MR) is 103 cm³/mol. The zero-order valence-corrected chi connectivity index (χ0v) is 16.0. The topological polar surface area (TPSA) is 67.4 Å². The van der Waals surface area contributed by atoms with E-state index in [9.17, 15) is 9.59 Å². The third-order valence-corrected chi connectivity index (χ3v) is 3.90. The molecule has 0 saturated heterocycles. The fraction of sp³-hybridized carbons (Fsp3) is 0.333. The Morgan fingerprint density at radius 1 is 1.00 bits per heavy atom. The number of nitrogens with one attached hydrogen (secondary N) is 2. The second-order valence-corrected chi connectivity index (χ2v) is 6.68. The number of hydrogen-bond acceptors (Lipinski definition) is 3. The summed E-state index contributed by atoms with van der Waals surface area (Å²) < 4.78 is 5.72. The maximum atomic E-state index is 12.2. The number of benzene rings is 2. The lowest BCUT2D eigenvalue weighted by Crippen LogP contribution is -2.35. The molecule has 2 N–H and O–H groups in total. The van der Waals surface area contributed by atoms with Gasteiger partial charge in [0, 0.05) is 17.8 Å². The number of para-hydroxylation sites is 1. The average Bonchev–Trinajstić information content (AvgIpc) is 2.56. The Kier molecular flexibility index (Phi) is 6.39. The van der Waals surface area contributed by atoms with E-state index >= 15 is 0 Å².